The molecule has 0 amide bonds. The van der Waals surface area contributed by atoms with Crippen molar-refractivity contribution >= 4 is 16.7 Å². The van der Waals surface area contributed by atoms with Gasteiger partial charge in [0.2, 0.25) is 0 Å². The van der Waals surface area contributed by atoms with Crippen LogP contribution < -0.4 is 4.74 Å². The second kappa shape index (κ2) is 8.64. The Balaban J connectivity index is 1.53. The van der Waals surface area contributed by atoms with Gasteiger partial charge in [0.1, 0.15) is 5.75 Å². The first kappa shape index (κ1) is 18.8. The van der Waals surface area contributed by atoms with Crippen LogP contribution in [0.1, 0.15) is 54.4 Å². The Morgan fingerprint density at radius 2 is 1.79 bits per heavy atom. The number of carbonyl (C=O) groups excluding carboxylic acids is 1. The fourth-order valence-corrected chi connectivity index (χ4v) is 4.48. The molecule has 1 fully saturated rings. The van der Waals surface area contributed by atoms with E-state index in [0.717, 1.165) is 34.7 Å². The minimum absolute atomic E-state index is 0.179. The first-order valence-electron chi connectivity index (χ1n) is 10.5. The first-order valence-corrected chi connectivity index (χ1v) is 10.5. The molecule has 1 heterocycles. The molecule has 0 saturated heterocycles. The second-order valence-electron chi connectivity index (χ2n) is 7.99. The Kier molecular flexibility index (Phi) is 5.80. The Morgan fingerprint density at radius 3 is 2.54 bits per heavy atom. The van der Waals surface area contributed by atoms with Gasteiger partial charge in [-0.2, -0.15) is 0 Å². The van der Waals surface area contributed by atoms with Crippen LogP contribution in [0, 0.1) is 5.92 Å². The van der Waals surface area contributed by atoms with Crippen LogP contribution in [-0.4, -0.2) is 17.5 Å². The van der Waals surface area contributed by atoms with E-state index in [9.17, 15) is 4.79 Å². The molecule has 1 saturated carbocycles. The van der Waals surface area contributed by atoms with Gasteiger partial charge in [-0.05, 0) is 36.1 Å². The van der Waals surface area contributed by atoms with Gasteiger partial charge in [-0.3, -0.25) is 4.79 Å². The van der Waals surface area contributed by atoms with E-state index in [1.54, 1.807) is 7.11 Å². The maximum absolute atomic E-state index is 13.1. The molecule has 28 heavy (non-hydrogen) atoms. The van der Waals surface area contributed by atoms with E-state index in [1.807, 2.05) is 30.3 Å². The number of hydrogen-bond acceptors (Lipinski definition) is 2. The average molecular weight is 376 g/mol. The van der Waals surface area contributed by atoms with Crippen molar-refractivity contribution in [1.29, 1.82) is 0 Å². The van der Waals surface area contributed by atoms with Crippen LogP contribution in [0.5, 0.6) is 5.75 Å². The lowest BCUT2D eigenvalue weighted by atomic mass is 9.87. The largest absolute Gasteiger partial charge is 0.497 e. The van der Waals surface area contributed by atoms with Crippen LogP contribution in [-0.2, 0) is 13.0 Å². The molecular weight excluding hydrogens is 346 g/mol. The van der Waals surface area contributed by atoms with Gasteiger partial charge >= 0.3 is 0 Å². The van der Waals surface area contributed by atoms with Crippen molar-refractivity contribution in [1.82, 2.24) is 4.57 Å². The molecule has 146 valence electrons. The Hall–Kier alpha value is -2.55. The monoisotopic (exact) mass is 375 g/mol. The SMILES string of the molecule is COc1ccc(CC(=O)c2cn(CCC3CCCCC3)c3ccccc23)cc1. The van der Waals surface area contributed by atoms with E-state index in [1.165, 1.54) is 44.0 Å². The Bertz CT molecular complexity index is 933. The third kappa shape index (κ3) is 4.14. The summed E-state index contributed by atoms with van der Waals surface area (Å²) in [5.41, 5.74) is 3.04. The van der Waals surface area contributed by atoms with Crippen molar-refractivity contribution in [2.75, 3.05) is 7.11 Å². The normalized spacial score (nSPS) is 15.0. The summed E-state index contributed by atoms with van der Waals surface area (Å²) in [6.45, 7) is 1.00. The number of hydrogen-bond donors (Lipinski definition) is 0. The van der Waals surface area contributed by atoms with Gasteiger partial charge in [0.15, 0.2) is 5.78 Å². The van der Waals surface area contributed by atoms with E-state index < -0.39 is 0 Å². The summed E-state index contributed by atoms with van der Waals surface area (Å²) in [6.07, 6.45) is 10.6. The van der Waals surface area contributed by atoms with Gasteiger partial charge in [0, 0.05) is 35.6 Å². The number of rotatable bonds is 7. The third-order valence-corrected chi connectivity index (χ3v) is 6.12. The summed E-state index contributed by atoms with van der Waals surface area (Å²) in [4.78, 5) is 13.1. The topological polar surface area (TPSA) is 31.2 Å². The Morgan fingerprint density at radius 1 is 1.04 bits per heavy atom. The molecule has 0 spiro atoms. The molecule has 0 bridgehead atoms. The molecule has 0 atom stereocenters. The van der Waals surface area contributed by atoms with Crippen LogP contribution in [0.2, 0.25) is 0 Å². The van der Waals surface area contributed by atoms with Gasteiger partial charge in [0.05, 0.1) is 7.11 Å². The summed E-state index contributed by atoms with van der Waals surface area (Å²) in [5.74, 6) is 1.83. The van der Waals surface area contributed by atoms with E-state index >= 15 is 0 Å². The lowest BCUT2D eigenvalue weighted by Crippen LogP contribution is -2.09. The lowest BCUT2D eigenvalue weighted by Gasteiger charge is -2.21. The summed E-state index contributed by atoms with van der Waals surface area (Å²) >= 11 is 0. The zero-order chi connectivity index (χ0) is 19.3. The zero-order valence-corrected chi connectivity index (χ0v) is 16.7. The van der Waals surface area contributed by atoms with Crippen molar-refractivity contribution in [2.45, 2.75) is 51.5 Å². The average Bonchev–Trinajstić information content (AvgIpc) is 3.12. The summed E-state index contributed by atoms with van der Waals surface area (Å²) in [5, 5.41) is 1.07. The standard InChI is InChI=1S/C25H29NO2/c1-28-21-13-11-20(12-14-21)17-25(27)23-18-26(24-10-6-5-9-22(23)24)16-15-19-7-3-2-4-8-19/h5-6,9-14,18-19H,2-4,7-8,15-17H2,1H3. The molecule has 1 aliphatic carbocycles. The minimum Gasteiger partial charge on any atom is -0.497 e. The number of benzene rings is 2. The molecule has 3 heteroatoms. The third-order valence-electron chi connectivity index (χ3n) is 6.12. The number of nitrogens with zero attached hydrogens (tertiary/aromatic N) is 1. The summed E-state index contributed by atoms with van der Waals surface area (Å²) in [7, 11) is 1.66. The van der Waals surface area contributed by atoms with Crippen molar-refractivity contribution in [3.05, 3.63) is 65.9 Å². The van der Waals surface area contributed by atoms with Gasteiger partial charge in [-0.15, -0.1) is 0 Å². The van der Waals surface area contributed by atoms with Crippen molar-refractivity contribution in [2.24, 2.45) is 5.92 Å². The number of aryl methyl sites for hydroxylation is 1. The van der Waals surface area contributed by atoms with Crippen molar-refractivity contribution < 1.29 is 9.53 Å². The number of ether oxygens (including phenoxy) is 1. The van der Waals surface area contributed by atoms with Gasteiger partial charge < -0.3 is 9.30 Å². The van der Waals surface area contributed by atoms with Gasteiger partial charge in [-0.25, -0.2) is 0 Å². The zero-order valence-electron chi connectivity index (χ0n) is 16.7. The van der Waals surface area contributed by atoms with E-state index in [-0.39, 0.29) is 5.78 Å². The summed E-state index contributed by atoms with van der Waals surface area (Å²) < 4.78 is 7.51. The van der Waals surface area contributed by atoms with E-state index in [0.29, 0.717) is 6.42 Å². The predicted octanol–water partition coefficient (Wildman–Crippen LogP) is 6.05. The van der Waals surface area contributed by atoms with Crippen molar-refractivity contribution in [3.8, 4) is 5.75 Å². The van der Waals surface area contributed by atoms with Gasteiger partial charge in [-0.1, -0.05) is 62.4 Å². The van der Waals surface area contributed by atoms with Crippen molar-refractivity contribution in [3.63, 3.8) is 0 Å². The molecular formula is C25H29NO2. The number of Topliss-reactive ketones (excluding diaryl/α,β-unsaturated/α-hetero) is 1. The lowest BCUT2D eigenvalue weighted by molar-refractivity contribution is 0.0994. The maximum Gasteiger partial charge on any atom is 0.169 e. The highest BCUT2D eigenvalue weighted by molar-refractivity contribution is 6.08. The number of para-hydroxylation sites is 1. The highest BCUT2D eigenvalue weighted by Gasteiger charge is 2.17. The maximum atomic E-state index is 13.1. The molecule has 4 rings (SSSR count). The van der Waals surface area contributed by atoms with Crippen LogP contribution in [0.3, 0.4) is 0 Å². The fourth-order valence-electron chi connectivity index (χ4n) is 4.48. The number of aromatic nitrogens is 1. The van der Waals surface area contributed by atoms with Crippen LogP contribution >= 0.6 is 0 Å². The highest BCUT2D eigenvalue weighted by Crippen LogP contribution is 2.29. The number of ketones is 1. The number of carbonyl (C=O) groups is 1. The molecule has 3 nitrogen and oxygen atoms in total. The quantitative estimate of drug-likeness (QED) is 0.471. The van der Waals surface area contributed by atoms with Crippen LogP contribution in [0.15, 0.2) is 54.7 Å². The second-order valence-corrected chi connectivity index (χ2v) is 7.99. The smallest absolute Gasteiger partial charge is 0.169 e. The number of methoxy groups -OCH3 is 1. The minimum atomic E-state index is 0.179. The molecule has 1 aliphatic rings. The highest BCUT2D eigenvalue weighted by atomic mass is 16.5. The molecule has 2 aromatic carbocycles. The number of fused-ring (bicyclic) bond motifs is 1. The van der Waals surface area contributed by atoms with E-state index in [2.05, 4.69) is 29.0 Å². The molecule has 0 unspecified atom stereocenters. The van der Waals surface area contributed by atoms with Crippen LogP contribution in [0.25, 0.3) is 10.9 Å². The van der Waals surface area contributed by atoms with Gasteiger partial charge in [0.25, 0.3) is 0 Å². The molecule has 0 N–H and O–H groups in total. The first-order chi connectivity index (χ1) is 13.7. The van der Waals surface area contributed by atoms with E-state index in [4.69, 9.17) is 4.74 Å². The summed E-state index contributed by atoms with van der Waals surface area (Å²) in [6, 6.07) is 16.1. The van der Waals surface area contributed by atoms with Crippen LogP contribution in [0.4, 0.5) is 0 Å². The molecule has 3 aromatic rings. The molecule has 0 radical (unpaired) electrons. The molecule has 1 aromatic heterocycles. The Labute approximate surface area is 167 Å². The molecule has 0 aliphatic heterocycles. The predicted molar refractivity (Wildman–Crippen MR) is 114 cm³/mol. The fraction of sp³-hybridized carbons (Fsp3) is 0.400.